The Labute approximate surface area is 169 Å². The normalized spacial score (nSPS) is 15.9. The maximum absolute atomic E-state index is 12.5. The Morgan fingerprint density at radius 2 is 2.07 bits per heavy atom. The highest BCUT2D eigenvalue weighted by Gasteiger charge is 2.19. The summed E-state index contributed by atoms with van der Waals surface area (Å²) in [6.45, 7) is 1.88. The number of benzene rings is 1. The number of hydrogen-bond donors (Lipinski definition) is 2. The summed E-state index contributed by atoms with van der Waals surface area (Å²) in [5, 5.41) is 11.2. The first-order valence-corrected chi connectivity index (χ1v) is 9.77. The molecule has 2 aromatic heterocycles. The smallest absolute Gasteiger partial charge is 0.320 e. The summed E-state index contributed by atoms with van der Waals surface area (Å²) < 4.78 is 12.7. The third-order valence-corrected chi connectivity index (χ3v) is 5.10. The minimum absolute atomic E-state index is 0.249. The van der Waals surface area contributed by atoms with Crippen LogP contribution in [0.15, 0.2) is 48.8 Å². The molecule has 3 heterocycles. The van der Waals surface area contributed by atoms with E-state index in [9.17, 15) is 4.79 Å². The lowest BCUT2D eigenvalue weighted by molar-refractivity contribution is 0.0674. The minimum Gasteiger partial charge on any atom is -0.382 e. The van der Waals surface area contributed by atoms with E-state index in [0.717, 1.165) is 42.5 Å². The van der Waals surface area contributed by atoms with Gasteiger partial charge in [0.05, 0.1) is 36.6 Å². The molecule has 8 nitrogen and oxygen atoms in total. The van der Waals surface area contributed by atoms with Crippen molar-refractivity contribution in [1.29, 1.82) is 0 Å². The molecule has 1 fully saturated rings. The summed E-state index contributed by atoms with van der Waals surface area (Å²) in [5.74, 6) is 0.478. The van der Waals surface area contributed by atoms with Crippen LogP contribution in [0.25, 0.3) is 10.9 Å². The Morgan fingerprint density at radius 3 is 2.83 bits per heavy atom. The molecule has 29 heavy (non-hydrogen) atoms. The monoisotopic (exact) mass is 395 g/mol. The topological polar surface area (TPSA) is 90.3 Å². The van der Waals surface area contributed by atoms with E-state index in [1.54, 1.807) is 13.3 Å². The number of amides is 2. The molecule has 1 aliphatic rings. The van der Waals surface area contributed by atoms with Crippen LogP contribution in [0.2, 0.25) is 0 Å². The van der Waals surface area contributed by atoms with Crippen LogP contribution in [0.1, 0.15) is 30.5 Å². The van der Waals surface area contributed by atoms with E-state index in [2.05, 4.69) is 20.7 Å². The fourth-order valence-corrected chi connectivity index (χ4v) is 3.62. The van der Waals surface area contributed by atoms with Crippen LogP contribution in [0.3, 0.4) is 0 Å². The van der Waals surface area contributed by atoms with Gasteiger partial charge < -0.3 is 14.8 Å². The molecule has 8 heteroatoms. The molecule has 2 amide bonds. The third kappa shape index (κ3) is 4.55. The highest BCUT2D eigenvalue weighted by Crippen LogP contribution is 2.25. The largest absolute Gasteiger partial charge is 0.382 e. The molecule has 1 aromatic carbocycles. The lowest BCUT2D eigenvalue weighted by atomic mass is 10.1. The van der Waals surface area contributed by atoms with E-state index in [4.69, 9.17) is 9.47 Å². The number of anilines is 1. The van der Waals surface area contributed by atoms with Crippen molar-refractivity contribution in [3.05, 3.63) is 54.4 Å². The van der Waals surface area contributed by atoms with Crippen molar-refractivity contribution in [1.82, 2.24) is 20.1 Å². The number of rotatable bonds is 6. The van der Waals surface area contributed by atoms with Crippen LogP contribution >= 0.6 is 0 Å². The number of fused-ring (bicyclic) bond motifs is 1. The average molecular weight is 395 g/mol. The zero-order valence-electron chi connectivity index (χ0n) is 16.4. The van der Waals surface area contributed by atoms with Gasteiger partial charge in [-0.15, -0.1) is 0 Å². The number of hydrogen-bond acceptors (Lipinski definition) is 5. The van der Waals surface area contributed by atoms with Gasteiger partial charge in [-0.05, 0) is 24.5 Å². The average Bonchev–Trinajstić information content (AvgIpc) is 3.18. The van der Waals surface area contributed by atoms with Crippen LogP contribution in [-0.2, 0) is 9.47 Å². The summed E-state index contributed by atoms with van der Waals surface area (Å²) in [6.07, 6.45) is 5.46. The van der Waals surface area contributed by atoms with Gasteiger partial charge in [0.1, 0.15) is 5.82 Å². The van der Waals surface area contributed by atoms with Gasteiger partial charge in [-0.3, -0.25) is 10.00 Å². The lowest BCUT2D eigenvalue weighted by Gasteiger charge is -2.23. The molecule has 0 radical (unpaired) electrons. The number of urea groups is 1. The summed E-state index contributed by atoms with van der Waals surface area (Å²) in [7, 11) is 1.61. The summed E-state index contributed by atoms with van der Waals surface area (Å²) in [4.78, 5) is 16.9. The zero-order chi connectivity index (χ0) is 20.1. The Balaban J connectivity index is 1.45. The van der Waals surface area contributed by atoms with Gasteiger partial charge in [0.15, 0.2) is 0 Å². The Bertz CT molecular complexity index is 953. The molecule has 0 saturated carbocycles. The van der Waals surface area contributed by atoms with Crippen molar-refractivity contribution in [3.8, 4) is 0 Å². The number of carbonyl (C=O) groups excluding carboxylic acids is 1. The van der Waals surface area contributed by atoms with Crippen molar-refractivity contribution < 1.29 is 14.3 Å². The molecule has 4 rings (SSSR count). The number of aromatic nitrogens is 3. The second-order valence-corrected chi connectivity index (χ2v) is 7.08. The Morgan fingerprint density at radius 1 is 1.28 bits per heavy atom. The highest BCUT2D eigenvalue weighted by molar-refractivity contribution is 5.91. The predicted octanol–water partition coefficient (Wildman–Crippen LogP) is 3.29. The van der Waals surface area contributed by atoms with Crippen molar-refractivity contribution >= 4 is 22.8 Å². The highest BCUT2D eigenvalue weighted by atomic mass is 16.5. The second kappa shape index (κ2) is 9.02. The molecule has 0 bridgehead atoms. The van der Waals surface area contributed by atoms with Gasteiger partial charge >= 0.3 is 6.03 Å². The van der Waals surface area contributed by atoms with Gasteiger partial charge in [0.2, 0.25) is 0 Å². The van der Waals surface area contributed by atoms with Gasteiger partial charge in [0, 0.05) is 25.7 Å². The third-order valence-electron chi connectivity index (χ3n) is 5.10. The van der Waals surface area contributed by atoms with E-state index >= 15 is 0 Å². The first-order valence-electron chi connectivity index (χ1n) is 9.77. The van der Waals surface area contributed by atoms with E-state index in [1.807, 2.05) is 47.3 Å². The van der Waals surface area contributed by atoms with Gasteiger partial charge in [-0.1, -0.05) is 30.3 Å². The quantitative estimate of drug-likeness (QED) is 0.668. The van der Waals surface area contributed by atoms with Crippen LogP contribution < -0.4 is 10.6 Å². The Kier molecular flexibility index (Phi) is 6.02. The molecule has 152 valence electrons. The van der Waals surface area contributed by atoms with Crippen LogP contribution in [0, 0.1) is 0 Å². The maximum Gasteiger partial charge on any atom is 0.320 e. The number of nitrogens with zero attached hydrogens (tertiary/aromatic N) is 3. The van der Waals surface area contributed by atoms with Crippen LogP contribution in [0.4, 0.5) is 10.6 Å². The van der Waals surface area contributed by atoms with Crippen molar-refractivity contribution in [2.24, 2.45) is 0 Å². The molecule has 1 atom stereocenters. The SMILES string of the molecule is COC[C@@H](NC(=O)Nc1cc2cnn(C3CCOCC3)c2cn1)c1ccccc1. The van der Waals surface area contributed by atoms with Crippen molar-refractivity contribution in [2.75, 3.05) is 32.2 Å². The molecule has 1 aliphatic heterocycles. The number of pyridine rings is 1. The molecule has 0 spiro atoms. The van der Waals surface area contributed by atoms with Gasteiger partial charge in [0.25, 0.3) is 0 Å². The summed E-state index contributed by atoms with van der Waals surface area (Å²) >= 11 is 0. The predicted molar refractivity (Wildman–Crippen MR) is 110 cm³/mol. The first-order chi connectivity index (χ1) is 14.2. The van der Waals surface area contributed by atoms with E-state index in [-0.39, 0.29) is 12.1 Å². The minimum atomic E-state index is -0.334. The fourth-order valence-electron chi connectivity index (χ4n) is 3.62. The summed E-state index contributed by atoms with van der Waals surface area (Å²) in [6, 6.07) is 11.3. The van der Waals surface area contributed by atoms with Crippen LogP contribution in [0.5, 0.6) is 0 Å². The maximum atomic E-state index is 12.5. The van der Waals surface area contributed by atoms with Gasteiger partial charge in [-0.25, -0.2) is 9.78 Å². The van der Waals surface area contributed by atoms with Crippen molar-refractivity contribution in [2.45, 2.75) is 24.9 Å². The summed E-state index contributed by atoms with van der Waals surface area (Å²) in [5.41, 5.74) is 1.94. The molecular weight excluding hydrogens is 370 g/mol. The van der Waals surface area contributed by atoms with E-state index in [0.29, 0.717) is 18.5 Å². The molecular formula is C21H25N5O3. The molecule has 2 N–H and O–H groups in total. The number of methoxy groups -OCH3 is 1. The van der Waals surface area contributed by atoms with E-state index < -0.39 is 0 Å². The van der Waals surface area contributed by atoms with Gasteiger partial charge in [-0.2, -0.15) is 5.10 Å². The first kappa shape index (κ1) is 19.4. The number of nitrogens with one attached hydrogen (secondary N) is 2. The molecule has 0 unspecified atom stereocenters. The lowest BCUT2D eigenvalue weighted by Crippen LogP contribution is -2.35. The molecule has 1 saturated heterocycles. The Hall–Kier alpha value is -2.97. The second-order valence-electron chi connectivity index (χ2n) is 7.08. The fraction of sp³-hybridized carbons (Fsp3) is 0.381. The standard InChI is InChI=1S/C21H25N5O3/c1-28-14-18(15-5-3-2-4-6-15)24-21(27)25-20-11-16-12-23-26(19(16)13-22-20)17-7-9-29-10-8-17/h2-6,11-13,17-18H,7-10,14H2,1H3,(H2,22,24,25,27)/t18-/m1/s1. The van der Waals surface area contributed by atoms with Crippen LogP contribution in [-0.4, -0.2) is 47.7 Å². The molecule has 0 aliphatic carbocycles. The van der Waals surface area contributed by atoms with E-state index in [1.165, 1.54) is 0 Å². The zero-order valence-corrected chi connectivity index (χ0v) is 16.4. The van der Waals surface area contributed by atoms with Crippen molar-refractivity contribution in [3.63, 3.8) is 0 Å². The molecule has 3 aromatic rings. The number of ether oxygens (including phenoxy) is 2. The number of carbonyl (C=O) groups is 1.